The van der Waals surface area contributed by atoms with Crippen LogP contribution in [-0.4, -0.2) is 25.0 Å². The SMILES string of the molecule is COc1cc(C(=O)NNC(=O)c2ccccc2I)ccc1OC(C)C. The maximum Gasteiger partial charge on any atom is 0.270 e. The topological polar surface area (TPSA) is 76.7 Å². The Kier molecular flexibility index (Phi) is 6.63. The molecule has 132 valence electrons. The van der Waals surface area contributed by atoms with E-state index in [0.29, 0.717) is 22.6 Å². The lowest BCUT2D eigenvalue weighted by Gasteiger charge is -2.14. The number of ether oxygens (including phenoxy) is 2. The molecule has 0 unspecified atom stereocenters. The van der Waals surface area contributed by atoms with Crippen molar-refractivity contribution in [3.05, 3.63) is 57.2 Å². The summed E-state index contributed by atoms with van der Waals surface area (Å²) in [4.78, 5) is 24.4. The molecule has 0 heterocycles. The zero-order chi connectivity index (χ0) is 18.4. The maximum absolute atomic E-state index is 12.2. The number of rotatable bonds is 5. The Labute approximate surface area is 160 Å². The Morgan fingerprint density at radius 3 is 2.32 bits per heavy atom. The average molecular weight is 454 g/mol. The summed E-state index contributed by atoms with van der Waals surface area (Å²) in [7, 11) is 1.50. The van der Waals surface area contributed by atoms with E-state index in [-0.39, 0.29) is 12.0 Å². The number of amides is 2. The summed E-state index contributed by atoms with van der Waals surface area (Å²) in [6.07, 6.45) is -0.0128. The van der Waals surface area contributed by atoms with Gasteiger partial charge in [-0.15, -0.1) is 0 Å². The molecule has 0 fully saturated rings. The summed E-state index contributed by atoms with van der Waals surface area (Å²) in [5.41, 5.74) is 5.64. The van der Waals surface area contributed by atoms with Gasteiger partial charge in [-0.3, -0.25) is 20.4 Å². The second-order valence-corrected chi connectivity index (χ2v) is 6.58. The molecule has 0 spiro atoms. The minimum atomic E-state index is -0.450. The smallest absolute Gasteiger partial charge is 0.270 e. The zero-order valence-corrected chi connectivity index (χ0v) is 16.3. The second-order valence-electron chi connectivity index (χ2n) is 5.42. The summed E-state index contributed by atoms with van der Waals surface area (Å²) in [6.45, 7) is 3.81. The molecule has 0 aliphatic rings. The molecule has 0 atom stereocenters. The van der Waals surface area contributed by atoms with Gasteiger partial charge in [0.15, 0.2) is 11.5 Å². The van der Waals surface area contributed by atoms with Crippen molar-refractivity contribution >= 4 is 34.4 Å². The molecule has 0 aliphatic heterocycles. The highest BCUT2D eigenvalue weighted by molar-refractivity contribution is 14.1. The number of hydrogen-bond acceptors (Lipinski definition) is 4. The summed E-state index contributed by atoms with van der Waals surface area (Å²) in [6, 6.07) is 11.9. The van der Waals surface area contributed by atoms with Gasteiger partial charge in [-0.25, -0.2) is 0 Å². The number of carbonyl (C=O) groups excluding carboxylic acids is 2. The molecule has 0 aromatic heterocycles. The first-order valence-electron chi connectivity index (χ1n) is 7.62. The van der Waals surface area contributed by atoms with Crippen LogP contribution in [0.2, 0.25) is 0 Å². The van der Waals surface area contributed by atoms with Gasteiger partial charge in [0.2, 0.25) is 0 Å². The lowest BCUT2D eigenvalue weighted by molar-refractivity contribution is 0.0846. The number of methoxy groups -OCH3 is 1. The van der Waals surface area contributed by atoms with Crippen molar-refractivity contribution in [1.29, 1.82) is 0 Å². The molecular formula is C18H19IN2O4. The highest BCUT2D eigenvalue weighted by atomic mass is 127. The van der Waals surface area contributed by atoms with Crippen molar-refractivity contribution in [3.63, 3.8) is 0 Å². The van der Waals surface area contributed by atoms with E-state index in [0.717, 1.165) is 3.57 Å². The normalized spacial score (nSPS) is 10.3. The lowest BCUT2D eigenvalue weighted by Crippen LogP contribution is -2.41. The van der Waals surface area contributed by atoms with Gasteiger partial charge in [-0.05, 0) is 66.8 Å². The van der Waals surface area contributed by atoms with Crippen molar-refractivity contribution in [2.45, 2.75) is 20.0 Å². The second kappa shape index (κ2) is 8.70. The fourth-order valence-electron chi connectivity index (χ4n) is 2.06. The molecule has 6 nitrogen and oxygen atoms in total. The lowest BCUT2D eigenvalue weighted by atomic mass is 10.2. The van der Waals surface area contributed by atoms with Gasteiger partial charge in [0.05, 0.1) is 18.8 Å². The van der Waals surface area contributed by atoms with Crippen LogP contribution < -0.4 is 20.3 Å². The van der Waals surface area contributed by atoms with Gasteiger partial charge in [0.1, 0.15) is 0 Å². The van der Waals surface area contributed by atoms with Gasteiger partial charge >= 0.3 is 0 Å². The monoisotopic (exact) mass is 454 g/mol. The molecule has 7 heteroatoms. The van der Waals surface area contributed by atoms with Crippen LogP contribution in [0.3, 0.4) is 0 Å². The minimum absolute atomic E-state index is 0.0128. The van der Waals surface area contributed by atoms with Crippen molar-refractivity contribution < 1.29 is 19.1 Å². The van der Waals surface area contributed by atoms with E-state index in [1.54, 1.807) is 30.3 Å². The molecule has 2 amide bonds. The molecule has 25 heavy (non-hydrogen) atoms. The van der Waals surface area contributed by atoms with Crippen LogP contribution >= 0.6 is 22.6 Å². The average Bonchev–Trinajstić information content (AvgIpc) is 2.59. The van der Waals surface area contributed by atoms with Gasteiger partial charge in [0.25, 0.3) is 11.8 Å². The Morgan fingerprint density at radius 1 is 1.00 bits per heavy atom. The molecule has 2 aromatic carbocycles. The first kappa shape index (κ1) is 19.0. The highest BCUT2D eigenvalue weighted by Crippen LogP contribution is 2.28. The predicted molar refractivity (Wildman–Crippen MR) is 103 cm³/mol. The summed E-state index contributed by atoms with van der Waals surface area (Å²) in [5.74, 6) is 0.168. The van der Waals surface area contributed by atoms with Crippen LogP contribution in [0, 0.1) is 3.57 Å². The highest BCUT2D eigenvalue weighted by Gasteiger charge is 2.14. The molecule has 0 aliphatic carbocycles. The Balaban J connectivity index is 2.06. The van der Waals surface area contributed by atoms with E-state index < -0.39 is 5.91 Å². The quantitative estimate of drug-likeness (QED) is 0.538. The van der Waals surface area contributed by atoms with Crippen LogP contribution in [-0.2, 0) is 0 Å². The fraction of sp³-hybridized carbons (Fsp3) is 0.222. The Bertz CT molecular complexity index is 777. The van der Waals surface area contributed by atoms with Gasteiger partial charge in [0, 0.05) is 9.13 Å². The van der Waals surface area contributed by atoms with Crippen molar-refractivity contribution in [2.75, 3.05) is 7.11 Å². The zero-order valence-electron chi connectivity index (χ0n) is 14.1. The summed E-state index contributed by atoms with van der Waals surface area (Å²) in [5, 5.41) is 0. The van der Waals surface area contributed by atoms with Crippen molar-refractivity contribution in [2.24, 2.45) is 0 Å². The van der Waals surface area contributed by atoms with Crippen LogP contribution in [0.4, 0.5) is 0 Å². The first-order valence-corrected chi connectivity index (χ1v) is 8.70. The van der Waals surface area contributed by atoms with Gasteiger partial charge in [-0.1, -0.05) is 12.1 Å². The van der Waals surface area contributed by atoms with E-state index in [2.05, 4.69) is 33.4 Å². The molecule has 0 radical (unpaired) electrons. The molecule has 0 saturated heterocycles. The number of hydrazine groups is 1. The van der Waals surface area contributed by atoms with Gasteiger partial charge in [-0.2, -0.15) is 0 Å². The van der Waals surface area contributed by atoms with E-state index in [4.69, 9.17) is 9.47 Å². The number of nitrogens with one attached hydrogen (secondary N) is 2. The molecule has 2 N–H and O–H groups in total. The number of benzene rings is 2. The molecular weight excluding hydrogens is 435 g/mol. The van der Waals surface area contributed by atoms with E-state index >= 15 is 0 Å². The third-order valence-electron chi connectivity index (χ3n) is 3.20. The number of halogens is 1. The van der Waals surface area contributed by atoms with Crippen molar-refractivity contribution in [3.8, 4) is 11.5 Å². The fourth-order valence-corrected chi connectivity index (χ4v) is 2.69. The molecule has 0 bridgehead atoms. The largest absolute Gasteiger partial charge is 0.493 e. The van der Waals surface area contributed by atoms with Gasteiger partial charge < -0.3 is 9.47 Å². The van der Waals surface area contributed by atoms with Crippen LogP contribution in [0.25, 0.3) is 0 Å². The third kappa shape index (κ3) is 5.09. The number of carbonyl (C=O) groups is 2. The van der Waals surface area contributed by atoms with E-state index in [1.807, 2.05) is 26.0 Å². The van der Waals surface area contributed by atoms with Crippen LogP contribution in [0.1, 0.15) is 34.6 Å². The first-order chi connectivity index (χ1) is 11.9. The Hall–Kier alpha value is -2.29. The summed E-state index contributed by atoms with van der Waals surface area (Å²) >= 11 is 2.06. The third-order valence-corrected chi connectivity index (χ3v) is 4.14. The Morgan fingerprint density at radius 2 is 1.68 bits per heavy atom. The predicted octanol–water partition coefficient (Wildman–Crippen LogP) is 3.16. The minimum Gasteiger partial charge on any atom is -0.493 e. The molecule has 2 rings (SSSR count). The van der Waals surface area contributed by atoms with Crippen molar-refractivity contribution in [1.82, 2.24) is 10.9 Å². The standard InChI is InChI=1S/C18H19IN2O4/c1-11(2)25-15-9-8-12(10-16(15)24-3)17(22)20-21-18(23)13-6-4-5-7-14(13)19/h4-11H,1-3H3,(H,20,22)(H,21,23). The number of hydrogen-bond donors (Lipinski definition) is 2. The van der Waals surface area contributed by atoms with Crippen LogP contribution in [0.15, 0.2) is 42.5 Å². The van der Waals surface area contributed by atoms with E-state index in [9.17, 15) is 9.59 Å². The summed E-state index contributed by atoms with van der Waals surface area (Å²) < 4.78 is 11.7. The van der Waals surface area contributed by atoms with Crippen LogP contribution in [0.5, 0.6) is 11.5 Å². The maximum atomic E-state index is 12.2. The molecule has 0 saturated carbocycles. The molecule has 2 aromatic rings. The van der Waals surface area contributed by atoms with E-state index in [1.165, 1.54) is 7.11 Å².